The van der Waals surface area contributed by atoms with E-state index < -0.39 is 11.0 Å². The highest BCUT2D eigenvalue weighted by molar-refractivity contribution is 5.92. The standard InChI is InChI=1S/C17H25NO4/c1-16(20,10-11-21-2)12-18-15(19)17(8-9-17)13-6-4-5-7-14(13)22-3/h4-7,20H,8-12H2,1-3H3,(H,18,19). The van der Waals surface area contributed by atoms with Gasteiger partial charge in [-0.3, -0.25) is 4.79 Å². The maximum Gasteiger partial charge on any atom is 0.230 e. The highest BCUT2D eigenvalue weighted by Crippen LogP contribution is 2.51. The van der Waals surface area contributed by atoms with Gasteiger partial charge in [-0.15, -0.1) is 0 Å². The Morgan fingerprint density at radius 2 is 2.05 bits per heavy atom. The molecule has 5 nitrogen and oxygen atoms in total. The number of nitrogens with one attached hydrogen (secondary N) is 1. The molecule has 2 rings (SSSR count). The van der Waals surface area contributed by atoms with E-state index in [4.69, 9.17) is 9.47 Å². The molecular weight excluding hydrogens is 282 g/mol. The molecule has 2 N–H and O–H groups in total. The molecule has 1 unspecified atom stereocenters. The molecular formula is C17H25NO4. The molecule has 0 aliphatic heterocycles. The van der Waals surface area contributed by atoms with Gasteiger partial charge in [0.1, 0.15) is 5.75 Å². The molecule has 1 amide bonds. The molecule has 1 fully saturated rings. The van der Waals surface area contributed by atoms with Crippen LogP contribution in [0.3, 0.4) is 0 Å². The molecule has 0 bridgehead atoms. The summed E-state index contributed by atoms with van der Waals surface area (Å²) in [5, 5.41) is 13.1. The van der Waals surface area contributed by atoms with Gasteiger partial charge < -0.3 is 19.9 Å². The zero-order valence-electron chi connectivity index (χ0n) is 13.5. The highest BCUT2D eigenvalue weighted by Gasteiger charge is 2.52. The van der Waals surface area contributed by atoms with E-state index in [0.717, 1.165) is 24.2 Å². The Balaban J connectivity index is 2.03. The SMILES string of the molecule is COCCC(C)(O)CNC(=O)C1(c2ccccc2OC)CC1. The van der Waals surface area contributed by atoms with Crippen LogP contribution in [-0.2, 0) is 14.9 Å². The van der Waals surface area contributed by atoms with Crippen LogP contribution in [0.1, 0.15) is 31.7 Å². The first-order valence-electron chi connectivity index (χ1n) is 7.58. The summed E-state index contributed by atoms with van der Waals surface area (Å²) in [6, 6.07) is 7.62. The summed E-state index contributed by atoms with van der Waals surface area (Å²) < 4.78 is 10.3. The molecule has 0 heterocycles. The number of hydrogen-bond donors (Lipinski definition) is 2. The minimum atomic E-state index is -0.970. The Labute approximate surface area is 131 Å². The molecule has 1 aromatic carbocycles. The predicted octanol–water partition coefficient (Wildman–Crippen LogP) is 1.63. The molecule has 22 heavy (non-hydrogen) atoms. The molecule has 0 aromatic heterocycles. The molecule has 0 saturated heterocycles. The summed E-state index contributed by atoms with van der Waals surface area (Å²) in [5.74, 6) is 0.691. The highest BCUT2D eigenvalue weighted by atomic mass is 16.5. The first-order valence-corrected chi connectivity index (χ1v) is 7.58. The normalized spacial score (nSPS) is 18.4. The molecule has 1 aliphatic carbocycles. The van der Waals surface area contributed by atoms with Crippen molar-refractivity contribution in [3.63, 3.8) is 0 Å². The fourth-order valence-corrected chi connectivity index (χ4v) is 2.63. The van der Waals surface area contributed by atoms with Crippen molar-refractivity contribution in [1.82, 2.24) is 5.32 Å². The van der Waals surface area contributed by atoms with E-state index in [9.17, 15) is 9.90 Å². The fraction of sp³-hybridized carbons (Fsp3) is 0.588. The smallest absolute Gasteiger partial charge is 0.230 e. The van der Waals surface area contributed by atoms with Crippen molar-refractivity contribution in [2.75, 3.05) is 27.4 Å². The summed E-state index contributed by atoms with van der Waals surface area (Å²) in [6.45, 7) is 2.38. The van der Waals surface area contributed by atoms with Gasteiger partial charge in [0.15, 0.2) is 0 Å². The number of para-hydroxylation sites is 1. The molecule has 122 valence electrons. The summed E-state index contributed by atoms with van der Waals surface area (Å²) in [4.78, 5) is 12.6. The molecule has 0 spiro atoms. The lowest BCUT2D eigenvalue weighted by atomic mass is 9.93. The van der Waals surface area contributed by atoms with Gasteiger partial charge in [-0.05, 0) is 25.8 Å². The van der Waals surface area contributed by atoms with Crippen LogP contribution in [0.2, 0.25) is 0 Å². The molecule has 1 aromatic rings. The average molecular weight is 307 g/mol. The topological polar surface area (TPSA) is 67.8 Å². The second-order valence-electron chi connectivity index (χ2n) is 6.20. The molecule has 0 radical (unpaired) electrons. The van der Waals surface area contributed by atoms with E-state index in [1.54, 1.807) is 21.1 Å². The van der Waals surface area contributed by atoms with Crippen LogP contribution in [0, 0.1) is 0 Å². The lowest BCUT2D eigenvalue weighted by Gasteiger charge is -2.25. The van der Waals surface area contributed by atoms with Crippen molar-refractivity contribution in [1.29, 1.82) is 0 Å². The Bertz CT molecular complexity index is 523. The third kappa shape index (κ3) is 3.59. The minimum Gasteiger partial charge on any atom is -0.496 e. The van der Waals surface area contributed by atoms with Crippen LogP contribution in [0.25, 0.3) is 0 Å². The average Bonchev–Trinajstić information content (AvgIpc) is 3.32. The van der Waals surface area contributed by atoms with Gasteiger partial charge in [-0.25, -0.2) is 0 Å². The van der Waals surface area contributed by atoms with E-state index in [0.29, 0.717) is 13.0 Å². The van der Waals surface area contributed by atoms with Crippen LogP contribution < -0.4 is 10.1 Å². The number of methoxy groups -OCH3 is 2. The van der Waals surface area contributed by atoms with Crippen LogP contribution in [0.4, 0.5) is 0 Å². The predicted molar refractivity (Wildman–Crippen MR) is 84.0 cm³/mol. The quantitative estimate of drug-likeness (QED) is 0.766. The maximum absolute atomic E-state index is 12.6. The van der Waals surface area contributed by atoms with Gasteiger partial charge in [0.25, 0.3) is 0 Å². The van der Waals surface area contributed by atoms with Gasteiger partial charge in [-0.1, -0.05) is 18.2 Å². The Morgan fingerprint density at radius 3 is 2.64 bits per heavy atom. The van der Waals surface area contributed by atoms with Gasteiger partial charge in [-0.2, -0.15) is 0 Å². The van der Waals surface area contributed by atoms with E-state index in [1.807, 2.05) is 24.3 Å². The third-order valence-electron chi connectivity index (χ3n) is 4.28. The second-order valence-corrected chi connectivity index (χ2v) is 6.20. The largest absolute Gasteiger partial charge is 0.496 e. The third-order valence-corrected chi connectivity index (χ3v) is 4.28. The van der Waals surface area contributed by atoms with Gasteiger partial charge in [0, 0.05) is 32.2 Å². The summed E-state index contributed by atoms with van der Waals surface area (Å²) in [5.41, 5.74) is -0.557. The number of amides is 1. The van der Waals surface area contributed by atoms with Gasteiger partial charge in [0.05, 0.1) is 18.1 Å². The number of hydrogen-bond acceptors (Lipinski definition) is 4. The zero-order valence-corrected chi connectivity index (χ0v) is 13.5. The number of aliphatic hydroxyl groups is 1. The van der Waals surface area contributed by atoms with Crippen molar-refractivity contribution in [2.24, 2.45) is 0 Å². The first kappa shape index (κ1) is 16.8. The Kier molecular flexibility index (Phi) is 5.08. The van der Waals surface area contributed by atoms with E-state index in [1.165, 1.54) is 0 Å². The summed E-state index contributed by atoms with van der Waals surface area (Å²) in [6.07, 6.45) is 2.09. The van der Waals surface area contributed by atoms with Gasteiger partial charge in [0.2, 0.25) is 5.91 Å². The molecule has 5 heteroatoms. The zero-order chi connectivity index (χ0) is 16.2. The van der Waals surface area contributed by atoms with Crippen LogP contribution in [-0.4, -0.2) is 44.0 Å². The second kappa shape index (κ2) is 6.67. The maximum atomic E-state index is 12.6. The number of carbonyl (C=O) groups excluding carboxylic acids is 1. The number of carbonyl (C=O) groups is 1. The van der Waals surface area contributed by atoms with Crippen LogP contribution in [0.5, 0.6) is 5.75 Å². The van der Waals surface area contributed by atoms with E-state index in [2.05, 4.69) is 5.32 Å². The minimum absolute atomic E-state index is 0.0466. The van der Waals surface area contributed by atoms with Gasteiger partial charge >= 0.3 is 0 Å². The number of rotatable bonds is 8. The van der Waals surface area contributed by atoms with Crippen molar-refractivity contribution >= 4 is 5.91 Å². The molecule has 1 saturated carbocycles. The van der Waals surface area contributed by atoms with Crippen molar-refractivity contribution in [3.8, 4) is 5.75 Å². The van der Waals surface area contributed by atoms with Crippen LogP contribution in [0.15, 0.2) is 24.3 Å². The summed E-state index contributed by atoms with van der Waals surface area (Å²) >= 11 is 0. The number of ether oxygens (including phenoxy) is 2. The Hall–Kier alpha value is -1.59. The monoisotopic (exact) mass is 307 g/mol. The van der Waals surface area contributed by atoms with E-state index in [-0.39, 0.29) is 12.5 Å². The fourth-order valence-electron chi connectivity index (χ4n) is 2.63. The lowest BCUT2D eigenvalue weighted by Crippen LogP contribution is -2.45. The molecule has 1 aliphatic rings. The Morgan fingerprint density at radius 1 is 1.36 bits per heavy atom. The van der Waals surface area contributed by atoms with E-state index >= 15 is 0 Å². The van der Waals surface area contributed by atoms with Crippen molar-refractivity contribution in [2.45, 2.75) is 37.2 Å². The van der Waals surface area contributed by atoms with Crippen LogP contribution >= 0.6 is 0 Å². The molecule has 1 atom stereocenters. The first-order chi connectivity index (χ1) is 10.4. The number of benzene rings is 1. The van der Waals surface area contributed by atoms with Crippen molar-refractivity contribution < 1.29 is 19.4 Å². The van der Waals surface area contributed by atoms with Crippen molar-refractivity contribution in [3.05, 3.63) is 29.8 Å². The lowest BCUT2D eigenvalue weighted by molar-refractivity contribution is -0.124. The summed E-state index contributed by atoms with van der Waals surface area (Å²) in [7, 11) is 3.21.